The second-order valence-electron chi connectivity index (χ2n) is 4.62. The number of aryl methyl sites for hydroxylation is 1. The van der Waals surface area contributed by atoms with Crippen molar-refractivity contribution in [1.82, 2.24) is 0 Å². The number of halogens is 3. The summed E-state index contributed by atoms with van der Waals surface area (Å²) in [6, 6.07) is 10.4. The summed E-state index contributed by atoms with van der Waals surface area (Å²) in [6.07, 6.45) is -5.72. The lowest BCUT2D eigenvalue weighted by molar-refractivity contribution is -0.137. The molecule has 0 aliphatic carbocycles. The molecular formula is C15H14F3NO. The maximum absolute atomic E-state index is 12.8. The highest BCUT2D eigenvalue weighted by Gasteiger charge is 2.34. The summed E-state index contributed by atoms with van der Waals surface area (Å²) < 4.78 is 38.4. The second-order valence-corrected chi connectivity index (χ2v) is 4.62. The lowest BCUT2D eigenvalue weighted by Crippen LogP contribution is -2.12. The Morgan fingerprint density at radius 2 is 1.65 bits per heavy atom. The minimum atomic E-state index is -4.53. The number of para-hydroxylation sites is 1. The third-order valence-electron chi connectivity index (χ3n) is 3.13. The molecule has 0 saturated carbocycles. The molecule has 2 aromatic rings. The zero-order valence-corrected chi connectivity index (χ0v) is 10.8. The molecule has 2 nitrogen and oxygen atoms in total. The van der Waals surface area contributed by atoms with Gasteiger partial charge in [-0.1, -0.05) is 42.0 Å². The highest BCUT2D eigenvalue weighted by Crippen LogP contribution is 2.37. The fourth-order valence-electron chi connectivity index (χ4n) is 2.00. The molecule has 106 valence electrons. The van der Waals surface area contributed by atoms with Gasteiger partial charge in [-0.2, -0.15) is 13.2 Å². The lowest BCUT2D eigenvalue weighted by Gasteiger charge is -2.18. The summed E-state index contributed by atoms with van der Waals surface area (Å²) in [5.41, 5.74) is 5.75. The lowest BCUT2D eigenvalue weighted by atomic mass is 9.97. The van der Waals surface area contributed by atoms with E-state index in [4.69, 9.17) is 5.73 Å². The normalized spacial score (nSPS) is 13.2. The first-order valence-corrected chi connectivity index (χ1v) is 6.01. The number of alkyl halides is 3. The van der Waals surface area contributed by atoms with E-state index in [2.05, 4.69) is 0 Å². The van der Waals surface area contributed by atoms with Crippen LogP contribution in [-0.2, 0) is 6.18 Å². The molecule has 2 rings (SSSR count). The highest BCUT2D eigenvalue weighted by atomic mass is 19.4. The maximum atomic E-state index is 12.8. The molecule has 3 N–H and O–H groups in total. The molecule has 0 aliphatic heterocycles. The van der Waals surface area contributed by atoms with E-state index in [1.807, 2.05) is 6.92 Å². The molecule has 0 heterocycles. The molecule has 0 saturated heterocycles. The second kappa shape index (κ2) is 5.17. The van der Waals surface area contributed by atoms with Crippen molar-refractivity contribution in [3.8, 4) is 0 Å². The van der Waals surface area contributed by atoms with Crippen molar-refractivity contribution in [1.29, 1.82) is 0 Å². The van der Waals surface area contributed by atoms with Crippen molar-refractivity contribution < 1.29 is 18.3 Å². The minimum absolute atomic E-state index is 0.0590. The van der Waals surface area contributed by atoms with Crippen molar-refractivity contribution in [2.75, 3.05) is 5.73 Å². The number of hydrogen-bond acceptors (Lipinski definition) is 2. The van der Waals surface area contributed by atoms with Crippen LogP contribution in [0.5, 0.6) is 0 Å². The molecule has 0 aromatic heterocycles. The van der Waals surface area contributed by atoms with Crippen LogP contribution in [0, 0.1) is 6.92 Å². The van der Waals surface area contributed by atoms with Crippen LogP contribution >= 0.6 is 0 Å². The Morgan fingerprint density at radius 1 is 1.05 bits per heavy atom. The largest absolute Gasteiger partial charge is 0.418 e. The Labute approximate surface area is 114 Å². The number of rotatable bonds is 2. The number of hydrogen-bond donors (Lipinski definition) is 2. The van der Waals surface area contributed by atoms with Crippen LogP contribution in [0.25, 0.3) is 0 Å². The molecule has 0 radical (unpaired) electrons. The zero-order valence-electron chi connectivity index (χ0n) is 10.8. The van der Waals surface area contributed by atoms with E-state index >= 15 is 0 Å². The Balaban J connectivity index is 2.45. The molecule has 1 atom stereocenters. The van der Waals surface area contributed by atoms with Crippen LogP contribution in [0.2, 0.25) is 0 Å². The van der Waals surface area contributed by atoms with Crippen LogP contribution in [0.15, 0.2) is 42.5 Å². The average Bonchev–Trinajstić information content (AvgIpc) is 2.37. The predicted octanol–water partition coefficient (Wildman–Crippen LogP) is 3.68. The van der Waals surface area contributed by atoms with Crippen LogP contribution in [0.3, 0.4) is 0 Å². The van der Waals surface area contributed by atoms with Crippen LogP contribution in [0.4, 0.5) is 18.9 Å². The number of benzene rings is 2. The van der Waals surface area contributed by atoms with Gasteiger partial charge in [0.05, 0.1) is 5.56 Å². The monoisotopic (exact) mass is 281 g/mol. The molecule has 2 aromatic carbocycles. The third kappa shape index (κ3) is 2.77. The van der Waals surface area contributed by atoms with Gasteiger partial charge in [-0.3, -0.25) is 0 Å². The van der Waals surface area contributed by atoms with Crippen molar-refractivity contribution in [2.45, 2.75) is 19.2 Å². The van der Waals surface area contributed by atoms with Gasteiger partial charge in [0.2, 0.25) is 0 Å². The number of nitrogen functional groups attached to an aromatic ring is 1. The number of aliphatic hydroxyl groups is 1. The quantitative estimate of drug-likeness (QED) is 0.825. The van der Waals surface area contributed by atoms with Gasteiger partial charge in [0.1, 0.15) is 6.10 Å². The van der Waals surface area contributed by atoms with Gasteiger partial charge in [0.25, 0.3) is 0 Å². The SMILES string of the molecule is Cc1ccc(C(O)c2cccc(C(F)(F)F)c2N)cc1. The summed E-state index contributed by atoms with van der Waals surface area (Å²) in [5, 5.41) is 10.2. The fourth-order valence-corrected chi connectivity index (χ4v) is 2.00. The number of anilines is 1. The first-order valence-electron chi connectivity index (χ1n) is 6.01. The zero-order chi connectivity index (χ0) is 14.9. The van der Waals surface area contributed by atoms with E-state index in [0.29, 0.717) is 5.56 Å². The standard InChI is InChI=1S/C15H14F3NO/c1-9-5-7-10(8-6-9)14(20)11-3-2-4-12(13(11)19)15(16,17)18/h2-8,14,20H,19H2,1H3. The average molecular weight is 281 g/mol. The third-order valence-corrected chi connectivity index (χ3v) is 3.13. The van der Waals surface area contributed by atoms with Gasteiger partial charge < -0.3 is 10.8 Å². The van der Waals surface area contributed by atoms with Crippen molar-refractivity contribution in [3.05, 3.63) is 64.7 Å². The summed E-state index contributed by atoms with van der Waals surface area (Å²) >= 11 is 0. The number of nitrogens with two attached hydrogens (primary N) is 1. The molecule has 20 heavy (non-hydrogen) atoms. The van der Waals surface area contributed by atoms with E-state index in [9.17, 15) is 18.3 Å². The van der Waals surface area contributed by atoms with Gasteiger partial charge in [0, 0.05) is 11.3 Å². The van der Waals surface area contributed by atoms with Gasteiger partial charge in [0.15, 0.2) is 0 Å². The maximum Gasteiger partial charge on any atom is 0.418 e. The van der Waals surface area contributed by atoms with Gasteiger partial charge >= 0.3 is 6.18 Å². The Morgan fingerprint density at radius 3 is 2.20 bits per heavy atom. The van der Waals surface area contributed by atoms with E-state index in [0.717, 1.165) is 11.6 Å². The van der Waals surface area contributed by atoms with E-state index in [-0.39, 0.29) is 5.56 Å². The smallest absolute Gasteiger partial charge is 0.398 e. The highest BCUT2D eigenvalue weighted by molar-refractivity contribution is 5.57. The molecule has 5 heteroatoms. The molecule has 0 amide bonds. The molecular weight excluding hydrogens is 267 g/mol. The van der Waals surface area contributed by atoms with E-state index < -0.39 is 23.5 Å². The molecule has 0 fully saturated rings. The summed E-state index contributed by atoms with van der Waals surface area (Å²) in [7, 11) is 0. The number of aliphatic hydroxyl groups excluding tert-OH is 1. The molecule has 0 bridgehead atoms. The van der Waals surface area contributed by atoms with E-state index in [1.165, 1.54) is 12.1 Å². The Hall–Kier alpha value is -2.01. The molecule has 1 unspecified atom stereocenters. The van der Waals surface area contributed by atoms with Crippen LogP contribution in [0.1, 0.15) is 28.4 Å². The minimum Gasteiger partial charge on any atom is -0.398 e. The van der Waals surface area contributed by atoms with Gasteiger partial charge in [-0.05, 0) is 18.6 Å². The topological polar surface area (TPSA) is 46.2 Å². The first-order chi connectivity index (χ1) is 9.30. The summed E-state index contributed by atoms with van der Waals surface area (Å²) in [6.45, 7) is 1.88. The van der Waals surface area contributed by atoms with Crippen molar-refractivity contribution in [2.24, 2.45) is 0 Å². The van der Waals surface area contributed by atoms with Crippen LogP contribution < -0.4 is 5.73 Å². The van der Waals surface area contributed by atoms with Gasteiger partial charge in [-0.25, -0.2) is 0 Å². The van der Waals surface area contributed by atoms with Crippen molar-refractivity contribution >= 4 is 5.69 Å². The van der Waals surface area contributed by atoms with E-state index in [1.54, 1.807) is 24.3 Å². The summed E-state index contributed by atoms with van der Waals surface area (Å²) in [5.74, 6) is 0. The van der Waals surface area contributed by atoms with Gasteiger partial charge in [-0.15, -0.1) is 0 Å². The van der Waals surface area contributed by atoms with Crippen LogP contribution in [-0.4, -0.2) is 5.11 Å². The molecule has 0 aliphatic rings. The fraction of sp³-hybridized carbons (Fsp3) is 0.200. The first kappa shape index (κ1) is 14.4. The Bertz CT molecular complexity index is 606. The Kier molecular flexibility index (Phi) is 3.72. The van der Waals surface area contributed by atoms with Crippen molar-refractivity contribution in [3.63, 3.8) is 0 Å². The molecule has 0 spiro atoms. The predicted molar refractivity (Wildman–Crippen MR) is 71.1 cm³/mol. The summed E-state index contributed by atoms with van der Waals surface area (Å²) in [4.78, 5) is 0.